The normalized spacial score (nSPS) is 10.3. The maximum Gasteiger partial charge on any atom is 0.406 e. The Morgan fingerprint density at radius 2 is 2.39 bits per heavy atom. The van der Waals surface area contributed by atoms with Crippen LogP contribution in [0, 0.1) is 10.1 Å². The molecule has 0 aliphatic rings. The van der Waals surface area contributed by atoms with Gasteiger partial charge in [-0.2, -0.15) is 0 Å². The average Bonchev–Trinajstić information content (AvgIpc) is 2.35. The first-order valence-electron chi connectivity index (χ1n) is 5.20. The minimum Gasteiger partial charge on any atom is -0.481 e. The van der Waals surface area contributed by atoms with E-state index in [-0.39, 0.29) is 24.8 Å². The van der Waals surface area contributed by atoms with Crippen molar-refractivity contribution in [2.45, 2.75) is 6.92 Å². The van der Waals surface area contributed by atoms with E-state index in [1.165, 1.54) is 30.5 Å². The second kappa shape index (κ2) is 7.00. The first kappa shape index (κ1) is 13.6. The highest BCUT2D eigenvalue weighted by atomic mass is 16.6. The lowest BCUT2D eigenvalue weighted by molar-refractivity contribution is -0.390. The van der Waals surface area contributed by atoms with Crippen molar-refractivity contribution in [3.05, 3.63) is 40.6 Å². The molecule has 0 atom stereocenters. The number of hydrogen-bond acceptors (Lipinski definition) is 6. The predicted molar refractivity (Wildman–Crippen MR) is 62.2 cm³/mol. The van der Waals surface area contributed by atoms with Crippen LogP contribution in [0.15, 0.2) is 30.5 Å². The Morgan fingerprint density at radius 1 is 1.61 bits per heavy atom. The predicted octanol–water partition coefficient (Wildman–Crippen LogP) is 1.49. The van der Waals surface area contributed by atoms with Crippen LogP contribution in [0.3, 0.4) is 0 Å². The molecule has 0 aromatic carbocycles. The number of nitro groups is 1. The van der Waals surface area contributed by atoms with E-state index in [0.29, 0.717) is 0 Å². The maximum atomic E-state index is 10.9. The van der Waals surface area contributed by atoms with Gasteiger partial charge in [0.2, 0.25) is 5.75 Å². The Hall–Kier alpha value is -2.44. The van der Waals surface area contributed by atoms with Crippen LogP contribution in [0.1, 0.15) is 6.92 Å². The molecule has 1 aromatic heterocycles. The highest BCUT2D eigenvalue weighted by Crippen LogP contribution is 2.22. The van der Waals surface area contributed by atoms with Gasteiger partial charge >= 0.3 is 11.8 Å². The minimum atomic E-state index is -0.635. The second-order valence-corrected chi connectivity index (χ2v) is 3.05. The van der Waals surface area contributed by atoms with Gasteiger partial charge in [0.25, 0.3) is 0 Å². The van der Waals surface area contributed by atoms with Crippen molar-refractivity contribution in [3.63, 3.8) is 0 Å². The van der Waals surface area contributed by atoms with E-state index in [4.69, 9.17) is 4.74 Å². The summed E-state index contributed by atoms with van der Waals surface area (Å²) in [5, 5.41) is 10.6. The standard InChI is InChI=1S/C11H12N2O5/c1-2-17-10(14)6-4-8-18-9-5-3-7-12-11(9)13(15)16/h3-7H,2,8H2,1H3/b6-4+. The van der Waals surface area contributed by atoms with E-state index >= 15 is 0 Å². The zero-order chi connectivity index (χ0) is 13.4. The average molecular weight is 252 g/mol. The van der Waals surface area contributed by atoms with Crippen LogP contribution >= 0.6 is 0 Å². The lowest BCUT2D eigenvalue weighted by atomic mass is 10.4. The first-order valence-corrected chi connectivity index (χ1v) is 5.20. The molecule has 0 aliphatic heterocycles. The molecular weight excluding hydrogens is 240 g/mol. The number of rotatable bonds is 6. The maximum absolute atomic E-state index is 10.9. The zero-order valence-electron chi connectivity index (χ0n) is 9.74. The molecular formula is C11H12N2O5. The largest absolute Gasteiger partial charge is 0.481 e. The number of carbonyl (C=O) groups excluding carboxylic acids is 1. The number of esters is 1. The Labute approximate surface area is 103 Å². The summed E-state index contributed by atoms with van der Waals surface area (Å²) in [5.41, 5.74) is 0. The van der Waals surface area contributed by atoms with Crippen molar-refractivity contribution in [3.8, 4) is 5.75 Å². The van der Waals surface area contributed by atoms with E-state index in [1.54, 1.807) is 6.92 Å². The Morgan fingerprint density at radius 3 is 3.06 bits per heavy atom. The number of nitrogens with zero attached hydrogens (tertiary/aromatic N) is 2. The van der Waals surface area contributed by atoms with Crippen molar-refractivity contribution in [1.29, 1.82) is 0 Å². The van der Waals surface area contributed by atoms with Gasteiger partial charge in [-0.25, -0.2) is 4.79 Å². The molecule has 7 nitrogen and oxygen atoms in total. The van der Waals surface area contributed by atoms with E-state index in [0.717, 1.165) is 0 Å². The van der Waals surface area contributed by atoms with Crippen LogP contribution in [-0.4, -0.2) is 29.1 Å². The Bertz CT molecular complexity index is 459. The van der Waals surface area contributed by atoms with Crippen LogP contribution < -0.4 is 4.74 Å². The molecule has 0 N–H and O–H groups in total. The van der Waals surface area contributed by atoms with Gasteiger partial charge in [0.1, 0.15) is 12.8 Å². The van der Waals surface area contributed by atoms with Crippen molar-refractivity contribution in [2.24, 2.45) is 0 Å². The molecule has 0 unspecified atom stereocenters. The Kier molecular flexibility index (Phi) is 5.30. The van der Waals surface area contributed by atoms with Crippen molar-refractivity contribution in [1.82, 2.24) is 4.98 Å². The minimum absolute atomic E-state index is 0.0192. The topological polar surface area (TPSA) is 91.6 Å². The fourth-order valence-corrected chi connectivity index (χ4v) is 1.10. The van der Waals surface area contributed by atoms with E-state index in [2.05, 4.69) is 9.72 Å². The fraction of sp³-hybridized carbons (Fsp3) is 0.273. The molecule has 0 bridgehead atoms. The number of ether oxygens (including phenoxy) is 2. The number of pyridine rings is 1. The van der Waals surface area contributed by atoms with Crippen LogP contribution in [-0.2, 0) is 9.53 Å². The lowest BCUT2D eigenvalue weighted by Crippen LogP contribution is -2.02. The molecule has 7 heteroatoms. The molecule has 0 saturated carbocycles. The summed E-state index contributed by atoms with van der Waals surface area (Å²) in [5.74, 6) is -0.792. The van der Waals surface area contributed by atoms with Crippen LogP contribution in [0.25, 0.3) is 0 Å². The van der Waals surface area contributed by atoms with Crippen LogP contribution in [0.5, 0.6) is 5.75 Å². The van der Waals surface area contributed by atoms with Gasteiger partial charge in [-0.15, -0.1) is 0 Å². The van der Waals surface area contributed by atoms with E-state index in [9.17, 15) is 14.9 Å². The molecule has 96 valence electrons. The highest BCUT2D eigenvalue weighted by molar-refractivity contribution is 5.81. The summed E-state index contributed by atoms with van der Waals surface area (Å²) >= 11 is 0. The monoisotopic (exact) mass is 252 g/mol. The summed E-state index contributed by atoms with van der Waals surface area (Å²) < 4.78 is 9.78. The fourth-order valence-electron chi connectivity index (χ4n) is 1.10. The van der Waals surface area contributed by atoms with Crippen LogP contribution in [0.4, 0.5) is 5.82 Å². The smallest absolute Gasteiger partial charge is 0.406 e. The Balaban J connectivity index is 2.54. The molecule has 1 rings (SSSR count). The van der Waals surface area contributed by atoms with Crippen LogP contribution in [0.2, 0.25) is 0 Å². The van der Waals surface area contributed by atoms with Gasteiger partial charge in [-0.05, 0) is 35.0 Å². The summed E-state index contributed by atoms with van der Waals surface area (Å²) in [6.07, 6.45) is 3.92. The summed E-state index contributed by atoms with van der Waals surface area (Å²) in [7, 11) is 0. The van der Waals surface area contributed by atoms with Gasteiger partial charge in [-0.1, -0.05) is 0 Å². The summed E-state index contributed by atoms with van der Waals surface area (Å²) in [6.45, 7) is 2.00. The summed E-state index contributed by atoms with van der Waals surface area (Å²) in [6, 6.07) is 2.96. The lowest BCUT2D eigenvalue weighted by Gasteiger charge is -2.02. The summed E-state index contributed by atoms with van der Waals surface area (Å²) in [4.78, 5) is 24.5. The molecule has 0 aliphatic carbocycles. The third kappa shape index (κ3) is 4.20. The molecule has 0 saturated heterocycles. The molecule has 1 aromatic rings. The first-order chi connectivity index (χ1) is 8.65. The quantitative estimate of drug-likeness (QED) is 0.329. The molecule has 18 heavy (non-hydrogen) atoms. The van der Waals surface area contributed by atoms with Gasteiger partial charge in [0, 0.05) is 6.08 Å². The number of carbonyl (C=O) groups is 1. The molecule has 0 amide bonds. The molecule has 1 heterocycles. The van der Waals surface area contributed by atoms with E-state index in [1.807, 2.05) is 0 Å². The third-order valence-corrected chi connectivity index (χ3v) is 1.80. The van der Waals surface area contributed by atoms with Gasteiger partial charge in [0.15, 0.2) is 0 Å². The third-order valence-electron chi connectivity index (χ3n) is 1.80. The van der Waals surface area contributed by atoms with Gasteiger partial charge < -0.3 is 19.6 Å². The van der Waals surface area contributed by atoms with Crippen molar-refractivity contribution < 1.29 is 19.2 Å². The molecule has 0 radical (unpaired) electrons. The van der Waals surface area contributed by atoms with E-state index < -0.39 is 10.9 Å². The van der Waals surface area contributed by atoms with Crippen molar-refractivity contribution in [2.75, 3.05) is 13.2 Å². The number of hydrogen-bond donors (Lipinski definition) is 0. The zero-order valence-corrected chi connectivity index (χ0v) is 9.74. The van der Waals surface area contributed by atoms with Gasteiger partial charge in [-0.3, -0.25) is 0 Å². The highest BCUT2D eigenvalue weighted by Gasteiger charge is 2.14. The van der Waals surface area contributed by atoms with Crippen molar-refractivity contribution >= 4 is 11.8 Å². The molecule has 0 spiro atoms. The number of aromatic nitrogens is 1. The molecule has 0 fully saturated rings. The SMILES string of the molecule is CCOC(=O)/C=C/COc1cccnc1[N+](=O)[O-]. The van der Waals surface area contributed by atoms with Gasteiger partial charge in [0.05, 0.1) is 6.61 Å². The second-order valence-electron chi connectivity index (χ2n) is 3.05.